The molecule has 2 spiro atoms. The Morgan fingerprint density at radius 3 is 2.42 bits per heavy atom. The summed E-state index contributed by atoms with van der Waals surface area (Å²) >= 11 is 6.58. The molecule has 0 radical (unpaired) electrons. The van der Waals surface area contributed by atoms with Crippen molar-refractivity contribution in [1.82, 2.24) is 34.5 Å². The van der Waals surface area contributed by atoms with Gasteiger partial charge < -0.3 is 19.4 Å². The Morgan fingerprint density at radius 2 is 1.65 bits per heavy atom. The Balaban J connectivity index is 0.674. The maximum Gasteiger partial charge on any atom is 0.320 e. The summed E-state index contributed by atoms with van der Waals surface area (Å²) in [5.41, 5.74) is 6.45. The molecule has 0 unspecified atom stereocenters. The number of carbonyl (C=O) groups is 4. The van der Waals surface area contributed by atoms with Crippen LogP contribution in [0.5, 0.6) is 5.75 Å². The molecular formula is C48H50ClN7O6. The van der Waals surface area contributed by atoms with E-state index in [0.29, 0.717) is 60.6 Å². The van der Waals surface area contributed by atoms with Crippen molar-refractivity contribution >= 4 is 46.3 Å². The number of hydrogen-bond donors (Lipinski definition) is 1. The van der Waals surface area contributed by atoms with Crippen molar-refractivity contribution in [3.8, 4) is 11.4 Å². The summed E-state index contributed by atoms with van der Waals surface area (Å²) in [5, 5.41) is 3.32. The number of rotatable bonds is 3. The van der Waals surface area contributed by atoms with Gasteiger partial charge in [0.2, 0.25) is 11.8 Å². The smallest absolute Gasteiger partial charge is 0.320 e. The van der Waals surface area contributed by atoms with Gasteiger partial charge in [0.1, 0.15) is 17.6 Å². The van der Waals surface area contributed by atoms with Crippen molar-refractivity contribution in [3.63, 3.8) is 0 Å². The molecule has 12 rings (SSSR count). The Labute approximate surface area is 364 Å². The first kappa shape index (κ1) is 38.4. The Bertz CT molecular complexity index is 2670. The van der Waals surface area contributed by atoms with Crippen LogP contribution >= 0.6 is 11.6 Å². The number of hydrogen-bond acceptors (Lipinski definition) is 8. The molecular weight excluding hydrogens is 806 g/mol. The quantitative estimate of drug-likeness (QED) is 0.257. The molecule has 4 saturated heterocycles. The van der Waals surface area contributed by atoms with Crippen LogP contribution in [0.15, 0.2) is 53.3 Å². The molecule has 4 aromatic rings. The lowest BCUT2D eigenvalue weighted by Crippen LogP contribution is -2.65. The van der Waals surface area contributed by atoms with Crippen LogP contribution in [0.4, 0.5) is 4.79 Å². The van der Waals surface area contributed by atoms with Gasteiger partial charge >= 0.3 is 6.03 Å². The van der Waals surface area contributed by atoms with E-state index in [0.717, 1.165) is 111 Å². The van der Waals surface area contributed by atoms with E-state index in [4.69, 9.17) is 21.3 Å². The van der Waals surface area contributed by atoms with E-state index in [1.165, 1.54) is 17.5 Å². The molecule has 5 fully saturated rings. The fourth-order valence-corrected chi connectivity index (χ4v) is 12.9. The zero-order chi connectivity index (χ0) is 42.1. The third-order valence-electron chi connectivity index (χ3n) is 16.1. The van der Waals surface area contributed by atoms with Crippen LogP contribution in [0.1, 0.15) is 115 Å². The van der Waals surface area contributed by atoms with Crippen molar-refractivity contribution < 1.29 is 23.9 Å². The maximum absolute atomic E-state index is 13.8. The van der Waals surface area contributed by atoms with Crippen LogP contribution in [0.3, 0.4) is 0 Å². The molecule has 1 saturated carbocycles. The topological polar surface area (TPSA) is 137 Å². The van der Waals surface area contributed by atoms with Crippen LogP contribution in [-0.2, 0) is 27.0 Å². The zero-order valence-corrected chi connectivity index (χ0v) is 35.6. The summed E-state index contributed by atoms with van der Waals surface area (Å²) < 4.78 is 8.59. The second-order valence-corrected chi connectivity index (χ2v) is 19.6. The lowest BCUT2D eigenvalue weighted by molar-refractivity contribution is -0.136. The Hall–Kier alpha value is -5.27. The van der Waals surface area contributed by atoms with E-state index in [-0.39, 0.29) is 40.7 Å². The summed E-state index contributed by atoms with van der Waals surface area (Å²) in [6, 6.07) is 16.4. The maximum atomic E-state index is 13.8. The lowest BCUT2D eigenvalue weighted by atomic mass is 9.69. The highest BCUT2D eigenvalue weighted by Gasteiger charge is 2.50. The van der Waals surface area contributed by atoms with Gasteiger partial charge in [-0.2, -0.15) is 4.98 Å². The molecule has 5 amide bonds. The number of urea groups is 1. The van der Waals surface area contributed by atoms with Crippen molar-refractivity contribution in [2.24, 2.45) is 0 Å². The SMILES string of the molecule is O=C1CC[C@H](N2Cc3c(ccc4c3OCC43CCN(C(=O)N4CC(N5CCC(c6ccc7c(c6)C6(CCCCC6)c6nc(=O)c8c(Cl)cccc8n6-7)CC5)C4)CC3)C2=O)C(=O)N1. The second kappa shape index (κ2) is 14.1. The molecule has 1 aliphatic carbocycles. The highest BCUT2D eigenvalue weighted by atomic mass is 35.5. The minimum atomic E-state index is -0.665. The summed E-state index contributed by atoms with van der Waals surface area (Å²) in [6.45, 7) is 5.62. The average molecular weight is 856 g/mol. The average Bonchev–Trinajstić information content (AvgIpc) is 3.88. The highest BCUT2D eigenvalue weighted by molar-refractivity contribution is 6.35. The fraction of sp³-hybridized carbons (Fsp3) is 0.500. The minimum Gasteiger partial charge on any atom is -0.492 e. The van der Waals surface area contributed by atoms with Crippen LogP contribution in [-0.4, -0.2) is 111 Å². The molecule has 1 aromatic heterocycles. The van der Waals surface area contributed by atoms with Gasteiger partial charge in [0.15, 0.2) is 0 Å². The third-order valence-corrected chi connectivity index (χ3v) is 16.5. The normalized spacial score (nSPS) is 24.2. The fourth-order valence-electron chi connectivity index (χ4n) is 12.6. The number of aromatic nitrogens is 2. The van der Waals surface area contributed by atoms with Gasteiger partial charge in [0.25, 0.3) is 11.5 Å². The molecule has 8 aliphatic rings. The van der Waals surface area contributed by atoms with Gasteiger partial charge in [-0.15, -0.1) is 0 Å². The number of ether oxygens (including phenoxy) is 1. The third kappa shape index (κ3) is 5.62. The molecule has 14 heteroatoms. The molecule has 7 aliphatic heterocycles. The number of nitrogens with one attached hydrogen (secondary N) is 1. The lowest BCUT2D eigenvalue weighted by Gasteiger charge is -2.49. The number of amides is 5. The monoisotopic (exact) mass is 855 g/mol. The van der Waals surface area contributed by atoms with Crippen molar-refractivity contribution in [1.29, 1.82) is 0 Å². The van der Waals surface area contributed by atoms with E-state index in [2.05, 4.69) is 33.0 Å². The molecule has 0 bridgehead atoms. The van der Waals surface area contributed by atoms with E-state index in [1.807, 2.05) is 34.1 Å². The van der Waals surface area contributed by atoms with Gasteiger partial charge in [-0.3, -0.25) is 34.0 Å². The second-order valence-electron chi connectivity index (χ2n) is 19.2. The Kier molecular flexibility index (Phi) is 8.75. The minimum absolute atomic E-state index is 0.117. The highest BCUT2D eigenvalue weighted by Crippen LogP contribution is 2.53. The van der Waals surface area contributed by atoms with Gasteiger partial charge in [-0.05, 0) is 99.3 Å². The van der Waals surface area contributed by atoms with Crippen molar-refractivity contribution in [3.05, 3.63) is 97.5 Å². The number of fused-ring (bicyclic) bond motifs is 11. The van der Waals surface area contributed by atoms with E-state index < -0.39 is 11.9 Å². The van der Waals surface area contributed by atoms with Crippen LogP contribution < -0.4 is 15.6 Å². The molecule has 1 atom stereocenters. The molecule has 8 heterocycles. The zero-order valence-electron chi connectivity index (χ0n) is 34.8. The van der Waals surface area contributed by atoms with E-state index in [1.54, 1.807) is 11.0 Å². The predicted molar refractivity (Wildman–Crippen MR) is 231 cm³/mol. The van der Waals surface area contributed by atoms with E-state index in [9.17, 15) is 24.0 Å². The molecule has 1 N–H and O–H groups in total. The Morgan fingerprint density at radius 1 is 0.855 bits per heavy atom. The predicted octanol–water partition coefficient (Wildman–Crippen LogP) is 5.77. The molecule has 13 nitrogen and oxygen atoms in total. The number of carbonyl (C=O) groups excluding carboxylic acids is 4. The number of benzene rings is 3. The number of nitrogens with zero attached hydrogens (tertiary/aromatic N) is 6. The first-order valence-electron chi connectivity index (χ1n) is 22.7. The van der Waals surface area contributed by atoms with Crippen LogP contribution in [0.25, 0.3) is 16.6 Å². The van der Waals surface area contributed by atoms with Crippen LogP contribution in [0.2, 0.25) is 5.02 Å². The van der Waals surface area contributed by atoms with Gasteiger partial charge in [0.05, 0.1) is 40.2 Å². The molecule has 3 aromatic carbocycles. The standard InChI is InChI=1S/C48H50ClN7O6/c49-35-5-4-6-37-40(35)43(59)51-45-48(15-2-1-3-16-48)34-23-29(7-10-36(34)56(37)45)28-13-19-52(20-14-28)30-24-54(25-30)46(61)53-21-17-47(18-22-53)27-62-41-32-26-55(38-11-12-39(57)50-42(38)58)44(60)31(32)8-9-33(41)47/h4-10,23,28,30,38H,1-3,11-22,24-27H2,(H,50,57,58)/t38-/m0/s1. The van der Waals surface area contributed by atoms with Crippen molar-refractivity contribution in [2.75, 3.05) is 45.9 Å². The summed E-state index contributed by atoms with van der Waals surface area (Å²) in [4.78, 5) is 77.9. The number of piperidine rings is 3. The molecule has 320 valence electrons. The number of imide groups is 1. The van der Waals surface area contributed by atoms with Crippen molar-refractivity contribution in [2.45, 2.75) is 106 Å². The largest absolute Gasteiger partial charge is 0.492 e. The number of halogens is 1. The van der Waals surface area contributed by atoms with Crippen LogP contribution in [0, 0.1) is 0 Å². The first-order chi connectivity index (χ1) is 30.1. The summed E-state index contributed by atoms with van der Waals surface area (Å²) in [5.74, 6) is 1.17. The van der Waals surface area contributed by atoms with Gasteiger partial charge in [0, 0.05) is 60.7 Å². The summed E-state index contributed by atoms with van der Waals surface area (Å²) in [7, 11) is 0. The molecule has 62 heavy (non-hydrogen) atoms. The number of likely N-dealkylation sites (tertiary alicyclic amines) is 3. The first-order valence-corrected chi connectivity index (χ1v) is 23.1. The summed E-state index contributed by atoms with van der Waals surface area (Å²) in [6.07, 6.45) is 9.70. The van der Waals surface area contributed by atoms with E-state index >= 15 is 0 Å². The van der Waals surface area contributed by atoms with Gasteiger partial charge in [-0.25, -0.2) is 4.79 Å². The van der Waals surface area contributed by atoms with Gasteiger partial charge in [-0.1, -0.05) is 55.1 Å².